The highest BCUT2D eigenvalue weighted by atomic mass is 35.5. The average molecular weight is 393 g/mol. The number of halogens is 1. The number of hydrogen-bond donors (Lipinski definition) is 2. The minimum atomic E-state index is -0.144. The van der Waals surface area contributed by atoms with Gasteiger partial charge in [0.25, 0.3) is 0 Å². The fourth-order valence-corrected chi connectivity index (χ4v) is 3.93. The van der Waals surface area contributed by atoms with Crippen LogP contribution in [0, 0.1) is 0 Å². The SMILES string of the molecule is CN1CCN(C(CNC(=O)NCc2ccc(Cl)cc2)c2ccsc2)CC1. The van der Waals surface area contributed by atoms with E-state index in [1.54, 1.807) is 11.3 Å². The van der Waals surface area contributed by atoms with Gasteiger partial charge in [0.05, 0.1) is 6.04 Å². The molecule has 26 heavy (non-hydrogen) atoms. The lowest BCUT2D eigenvalue weighted by atomic mass is 10.1. The minimum Gasteiger partial charge on any atom is -0.336 e. The Morgan fingerprint density at radius 1 is 1.15 bits per heavy atom. The molecule has 2 aromatic rings. The molecule has 0 saturated carbocycles. The van der Waals surface area contributed by atoms with Crippen molar-refractivity contribution in [2.75, 3.05) is 39.8 Å². The first-order chi connectivity index (χ1) is 12.6. The van der Waals surface area contributed by atoms with Crippen LogP contribution in [0.15, 0.2) is 41.1 Å². The number of piperazine rings is 1. The van der Waals surface area contributed by atoms with Gasteiger partial charge in [-0.3, -0.25) is 4.90 Å². The summed E-state index contributed by atoms with van der Waals surface area (Å²) in [6.07, 6.45) is 0. The summed E-state index contributed by atoms with van der Waals surface area (Å²) in [5.41, 5.74) is 2.30. The van der Waals surface area contributed by atoms with Crippen molar-refractivity contribution in [3.05, 3.63) is 57.2 Å². The van der Waals surface area contributed by atoms with Crippen molar-refractivity contribution in [3.63, 3.8) is 0 Å². The van der Waals surface area contributed by atoms with E-state index in [4.69, 9.17) is 11.6 Å². The summed E-state index contributed by atoms with van der Waals surface area (Å²) in [6, 6.07) is 9.72. The average Bonchev–Trinajstić information content (AvgIpc) is 3.17. The third kappa shape index (κ3) is 5.45. The highest BCUT2D eigenvalue weighted by molar-refractivity contribution is 7.07. The van der Waals surface area contributed by atoms with Gasteiger partial charge >= 0.3 is 6.03 Å². The molecule has 3 rings (SSSR count). The van der Waals surface area contributed by atoms with Gasteiger partial charge in [-0.05, 0) is 47.1 Å². The third-order valence-electron chi connectivity index (χ3n) is 4.73. The van der Waals surface area contributed by atoms with Crippen molar-refractivity contribution in [2.45, 2.75) is 12.6 Å². The van der Waals surface area contributed by atoms with Gasteiger partial charge in [-0.15, -0.1) is 0 Å². The van der Waals surface area contributed by atoms with Gasteiger partial charge < -0.3 is 15.5 Å². The van der Waals surface area contributed by atoms with Gasteiger partial charge in [-0.2, -0.15) is 11.3 Å². The molecule has 1 saturated heterocycles. The normalized spacial score (nSPS) is 17.0. The van der Waals surface area contributed by atoms with Crippen LogP contribution >= 0.6 is 22.9 Å². The number of likely N-dealkylation sites (N-methyl/N-ethyl adjacent to an activating group) is 1. The zero-order chi connectivity index (χ0) is 18.4. The van der Waals surface area contributed by atoms with Crippen LogP contribution in [0.3, 0.4) is 0 Å². The summed E-state index contributed by atoms with van der Waals surface area (Å²) in [6.45, 7) is 5.25. The van der Waals surface area contributed by atoms with Crippen LogP contribution < -0.4 is 10.6 Å². The number of carbonyl (C=O) groups is 1. The molecule has 7 heteroatoms. The van der Waals surface area contributed by atoms with E-state index in [2.05, 4.69) is 44.3 Å². The topological polar surface area (TPSA) is 47.6 Å². The fraction of sp³-hybridized carbons (Fsp3) is 0.421. The molecule has 0 spiro atoms. The highest BCUT2D eigenvalue weighted by Crippen LogP contribution is 2.23. The van der Waals surface area contributed by atoms with Crippen molar-refractivity contribution in [2.24, 2.45) is 0 Å². The molecule has 1 atom stereocenters. The first kappa shape index (κ1) is 19.2. The van der Waals surface area contributed by atoms with E-state index in [0.29, 0.717) is 18.1 Å². The summed E-state index contributed by atoms with van der Waals surface area (Å²) >= 11 is 7.58. The second-order valence-corrected chi connectivity index (χ2v) is 7.82. The Bertz CT molecular complexity index is 684. The van der Waals surface area contributed by atoms with Crippen LogP contribution in [0.5, 0.6) is 0 Å². The Hall–Kier alpha value is -1.60. The molecule has 140 valence electrons. The lowest BCUT2D eigenvalue weighted by Crippen LogP contribution is -2.49. The van der Waals surface area contributed by atoms with Crippen molar-refractivity contribution in [1.82, 2.24) is 20.4 Å². The van der Waals surface area contributed by atoms with Crippen molar-refractivity contribution >= 4 is 29.0 Å². The molecule has 1 aromatic heterocycles. The summed E-state index contributed by atoms with van der Waals surface area (Å²) < 4.78 is 0. The van der Waals surface area contributed by atoms with Gasteiger partial charge in [0.15, 0.2) is 0 Å². The predicted octanol–water partition coefficient (Wildman–Crippen LogP) is 3.19. The maximum absolute atomic E-state index is 12.2. The smallest absolute Gasteiger partial charge is 0.315 e. The number of benzene rings is 1. The van der Waals surface area contributed by atoms with E-state index in [9.17, 15) is 4.79 Å². The molecule has 5 nitrogen and oxygen atoms in total. The van der Waals surface area contributed by atoms with Crippen molar-refractivity contribution in [3.8, 4) is 0 Å². The molecular formula is C19H25ClN4OS. The van der Waals surface area contributed by atoms with E-state index < -0.39 is 0 Å². The number of urea groups is 1. The maximum atomic E-state index is 12.2. The van der Waals surface area contributed by atoms with Gasteiger partial charge in [0, 0.05) is 44.3 Å². The molecule has 2 amide bonds. The van der Waals surface area contributed by atoms with Crippen LogP contribution in [0.2, 0.25) is 5.02 Å². The Morgan fingerprint density at radius 2 is 1.88 bits per heavy atom. The summed E-state index contributed by atoms with van der Waals surface area (Å²) in [5, 5.41) is 10.9. The lowest BCUT2D eigenvalue weighted by Gasteiger charge is -2.38. The van der Waals surface area contributed by atoms with E-state index in [0.717, 1.165) is 31.7 Å². The standard InChI is InChI=1S/C19H25ClN4OS/c1-23-7-9-24(10-8-23)18(16-6-11-26-14-16)13-22-19(25)21-12-15-2-4-17(20)5-3-15/h2-6,11,14,18H,7-10,12-13H2,1H3,(H2,21,22,25). The van der Waals surface area contributed by atoms with Gasteiger partial charge in [-0.1, -0.05) is 23.7 Å². The molecule has 1 unspecified atom stereocenters. The van der Waals surface area contributed by atoms with Crippen molar-refractivity contribution in [1.29, 1.82) is 0 Å². The summed E-state index contributed by atoms with van der Waals surface area (Å²) in [5.74, 6) is 0. The molecule has 2 N–H and O–H groups in total. The second kappa shape index (κ2) is 9.37. The molecule has 1 fully saturated rings. The van der Waals surface area contributed by atoms with Crippen LogP contribution in [0.25, 0.3) is 0 Å². The molecule has 1 aromatic carbocycles. The van der Waals surface area contributed by atoms with E-state index >= 15 is 0 Å². The van der Waals surface area contributed by atoms with Gasteiger partial charge in [0.1, 0.15) is 0 Å². The second-order valence-electron chi connectivity index (χ2n) is 6.60. The van der Waals surface area contributed by atoms with Gasteiger partial charge in [0.2, 0.25) is 0 Å². The highest BCUT2D eigenvalue weighted by Gasteiger charge is 2.24. The van der Waals surface area contributed by atoms with E-state index in [1.807, 2.05) is 24.3 Å². The Balaban J connectivity index is 1.52. The number of nitrogens with one attached hydrogen (secondary N) is 2. The number of hydrogen-bond acceptors (Lipinski definition) is 4. The number of carbonyl (C=O) groups excluding carboxylic acids is 1. The Morgan fingerprint density at radius 3 is 2.54 bits per heavy atom. The number of amides is 2. The Labute approximate surface area is 163 Å². The molecule has 0 aliphatic carbocycles. The molecule has 1 aliphatic rings. The molecular weight excluding hydrogens is 368 g/mol. The number of rotatable bonds is 6. The lowest BCUT2D eigenvalue weighted by molar-refractivity contribution is 0.111. The molecule has 2 heterocycles. The summed E-state index contributed by atoms with van der Waals surface area (Å²) in [4.78, 5) is 17.0. The van der Waals surface area contributed by atoms with Crippen LogP contribution in [0.1, 0.15) is 17.2 Å². The molecule has 0 radical (unpaired) electrons. The summed E-state index contributed by atoms with van der Waals surface area (Å²) in [7, 11) is 2.15. The Kier molecular flexibility index (Phi) is 6.91. The predicted molar refractivity (Wildman–Crippen MR) is 108 cm³/mol. The minimum absolute atomic E-state index is 0.144. The third-order valence-corrected chi connectivity index (χ3v) is 5.68. The monoisotopic (exact) mass is 392 g/mol. The zero-order valence-electron chi connectivity index (χ0n) is 15.0. The zero-order valence-corrected chi connectivity index (χ0v) is 16.5. The molecule has 1 aliphatic heterocycles. The van der Waals surface area contributed by atoms with Crippen molar-refractivity contribution < 1.29 is 4.79 Å². The van der Waals surface area contributed by atoms with Crippen LogP contribution in [-0.2, 0) is 6.54 Å². The number of nitrogens with zero attached hydrogens (tertiary/aromatic N) is 2. The van der Waals surface area contributed by atoms with Gasteiger partial charge in [-0.25, -0.2) is 4.79 Å². The van der Waals surface area contributed by atoms with E-state index in [1.165, 1.54) is 5.56 Å². The first-order valence-corrected chi connectivity index (χ1v) is 10.1. The maximum Gasteiger partial charge on any atom is 0.315 e. The quantitative estimate of drug-likeness (QED) is 0.793. The largest absolute Gasteiger partial charge is 0.336 e. The van der Waals surface area contributed by atoms with Crippen LogP contribution in [0.4, 0.5) is 4.79 Å². The van der Waals surface area contributed by atoms with Crippen LogP contribution in [-0.4, -0.2) is 55.6 Å². The molecule has 0 bridgehead atoms. The van der Waals surface area contributed by atoms with E-state index in [-0.39, 0.29) is 12.1 Å². The fourth-order valence-electron chi connectivity index (χ4n) is 3.09. The number of thiophene rings is 1. The first-order valence-electron chi connectivity index (χ1n) is 8.82.